The van der Waals surface area contributed by atoms with E-state index >= 15 is 0 Å². The summed E-state index contributed by atoms with van der Waals surface area (Å²) in [7, 11) is 0. The minimum Gasteiger partial charge on any atom is -0.374 e. The normalized spacial score (nSPS) is 23.8. The van der Waals surface area contributed by atoms with E-state index in [2.05, 4.69) is 10.2 Å². The van der Waals surface area contributed by atoms with Crippen LogP contribution in [0.4, 0.5) is 0 Å². The number of carbonyl (C=O) groups is 1. The molecule has 1 aromatic heterocycles. The minimum absolute atomic E-state index is 0.0186. The number of aromatic nitrogens is 3. The first-order chi connectivity index (χ1) is 11.7. The van der Waals surface area contributed by atoms with E-state index in [1.165, 1.54) is 6.42 Å². The Labute approximate surface area is 141 Å². The van der Waals surface area contributed by atoms with E-state index in [0.29, 0.717) is 24.5 Å². The van der Waals surface area contributed by atoms with Gasteiger partial charge in [0.2, 0.25) is 0 Å². The van der Waals surface area contributed by atoms with Crippen LogP contribution in [0.1, 0.15) is 41.9 Å². The zero-order valence-corrected chi connectivity index (χ0v) is 13.9. The summed E-state index contributed by atoms with van der Waals surface area (Å²) < 4.78 is 5.87. The summed E-state index contributed by atoms with van der Waals surface area (Å²) in [4.78, 5) is 16.6. The molecule has 2 aromatic rings. The number of benzene rings is 1. The molecule has 2 fully saturated rings. The molecule has 6 heteroatoms. The van der Waals surface area contributed by atoms with Gasteiger partial charge in [0.25, 0.3) is 5.91 Å². The van der Waals surface area contributed by atoms with Gasteiger partial charge in [-0.05, 0) is 31.9 Å². The summed E-state index contributed by atoms with van der Waals surface area (Å²) in [6.45, 7) is 3.09. The Morgan fingerprint density at radius 3 is 2.79 bits per heavy atom. The van der Waals surface area contributed by atoms with E-state index in [1.807, 2.05) is 42.2 Å². The molecule has 1 aliphatic carbocycles. The zero-order chi connectivity index (χ0) is 16.5. The molecular formula is C18H22N4O2. The third kappa shape index (κ3) is 2.71. The average Bonchev–Trinajstić information content (AvgIpc) is 3.03. The standard InChI is InChI=1S/C18H22N4O2/c1-13-17(20-22(19-13)14-7-3-2-4-8-14)18(23)21-11-12-24-16-10-6-5-9-15(16)21/h2-4,7-8,15-16H,5-6,9-12H2,1H3/t15-,16-/m1/s1. The molecule has 0 spiro atoms. The lowest BCUT2D eigenvalue weighted by Gasteiger charge is -2.43. The monoisotopic (exact) mass is 326 g/mol. The molecule has 0 unspecified atom stereocenters. The molecule has 1 amide bonds. The fourth-order valence-corrected chi connectivity index (χ4v) is 3.74. The van der Waals surface area contributed by atoms with Gasteiger partial charge in [-0.25, -0.2) is 0 Å². The molecule has 126 valence electrons. The van der Waals surface area contributed by atoms with Gasteiger partial charge < -0.3 is 9.64 Å². The van der Waals surface area contributed by atoms with Crippen LogP contribution in [0.5, 0.6) is 0 Å². The van der Waals surface area contributed by atoms with Crippen molar-refractivity contribution in [3.63, 3.8) is 0 Å². The fraction of sp³-hybridized carbons (Fsp3) is 0.500. The molecule has 1 aromatic carbocycles. The van der Waals surface area contributed by atoms with Gasteiger partial charge in [0, 0.05) is 6.54 Å². The van der Waals surface area contributed by atoms with Gasteiger partial charge >= 0.3 is 0 Å². The highest BCUT2D eigenvalue weighted by Crippen LogP contribution is 2.29. The first-order valence-corrected chi connectivity index (χ1v) is 8.66. The minimum atomic E-state index is -0.0186. The quantitative estimate of drug-likeness (QED) is 0.850. The number of hydrogen-bond acceptors (Lipinski definition) is 4. The maximum Gasteiger partial charge on any atom is 0.276 e. The molecule has 2 atom stereocenters. The van der Waals surface area contributed by atoms with Crippen LogP contribution < -0.4 is 0 Å². The predicted molar refractivity (Wildman–Crippen MR) is 89.1 cm³/mol. The van der Waals surface area contributed by atoms with Gasteiger partial charge in [-0.1, -0.05) is 31.0 Å². The molecule has 0 radical (unpaired) electrons. The van der Waals surface area contributed by atoms with Crippen molar-refractivity contribution in [2.24, 2.45) is 0 Å². The predicted octanol–water partition coefficient (Wildman–Crippen LogP) is 2.36. The Bertz CT molecular complexity index is 726. The van der Waals surface area contributed by atoms with Crippen LogP contribution in [-0.2, 0) is 4.74 Å². The number of aryl methyl sites for hydroxylation is 1. The van der Waals surface area contributed by atoms with Gasteiger partial charge in [0.05, 0.1) is 30.1 Å². The topological polar surface area (TPSA) is 60.2 Å². The summed E-state index contributed by atoms with van der Waals surface area (Å²) >= 11 is 0. The number of rotatable bonds is 2. The van der Waals surface area contributed by atoms with Gasteiger partial charge in [0.1, 0.15) is 0 Å². The van der Waals surface area contributed by atoms with Crippen LogP contribution in [0.3, 0.4) is 0 Å². The molecule has 0 bridgehead atoms. The van der Waals surface area contributed by atoms with Crippen LogP contribution in [0.25, 0.3) is 5.69 Å². The Kier molecular flexibility index (Phi) is 4.06. The summed E-state index contributed by atoms with van der Waals surface area (Å²) in [5.41, 5.74) is 1.98. The van der Waals surface area contributed by atoms with Crippen LogP contribution >= 0.6 is 0 Å². The molecule has 2 heterocycles. The molecule has 1 saturated heterocycles. The molecule has 24 heavy (non-hydrogen) atoms. The highest BCUT2D eigenvalue weighted by atomic mass is 16.5. The third-order valence-corrected chi connectivity index (χ3v) is 4.96. The Balaban J connectivity index is 1.61. The second kappa shape index (κ2) is 6.36. The lowest BCUT2D eigenvalue weighted by molar-refractivity contribution is -0.0754. The largest absolute Gasteiger partial charge is 0.374 e. The first kappa shape index (κ1) is 15.3. The van der Waals surface area contributed by atoms with Crippen molar-refractivity contribution in [1.29, 1.82) is 0 Å². The van der Waals surface area contributed by atoms with Crippen molar-refractivity contribution in [2.75, 3.05) is 13.2 Å². The van der Waals surface area contributed by atoms with Crippen LogP contribution in [0.2, 0.25) is 0 Å². The number of nitrogens with zero attached hydrogens (tertiary/aromatic N) is 4. The maximum atomic E-state index is 13.1. The van der Waals surface area contributed by atoms with Crippen LogP contribution in [0, 0.1) is 6.92 Å². The first-order valence-electron chi connectivity index (χ1n) is 8.66. The SMILES string of the molecule is Cc1nn(-c2ccccc2)nc1C(=O)N1CCO[C@@H]2CCCC[C@H]21. The van der Waals surface area contributed by atoms with Crippen LogP contribution in [-0.4, -0.2) is 51.1 Å². The van der Waals surface area contributed by atoms with Crippen molar-refractivity contribution in [3.05, 3.63) is 41.7 Å². The molecule has 1 saturated carbocycles. The average molecular weight is 326 g/mol. The number of para-hydroxylation sites is 1. The lowest BCUT2D eigenvalue weighted by atomic mass is 9.90. The molecular weight excluding hydrogens is 304 g/mol. The number of ether oxygens (including phenoxy) is 1. The van der Waals surface area contributed by atoms with Crippen LogP contribution in [0.15, 0.2) is 30.3 Å². The number of hydrogen-bond donors (Lipinski definition) is 0. The number of morpholine rings is 1. The Morgan fingerprint density at radius 1 is 1.17 bits per heavy atom. The summed E-state index contributed by atoms with van der Waals surface area (Å²) in [6.07, 6.45) is 4.59. The van der Waals surface area contributed by atoms with E-state index in [-0.39, 0.29) is 18.1 Å². The molecule has 4 rings (SSSR count). The molecule has 0 N–H and O–H groups in total. The second-order valence-electron chi connectivity index (χ2n) is 6.52. The summed E-state index contributed by atoms with van der Waals surface area (Å²) in [5.74, 6) is -0.0186. The fourth-order valence-electron chi connectivity index (χ4n) is 3.74. The Hall–Kier alpha value is -2.21. The number of carbonyl (C=O) groups excluding carboxylic acids is 1. The summed E-state index contributed by atoms with van der Waals surface area (Å²) in [6, 6.07) is 9.86. The van der Waals surface area contributed by atoms with Crippen molar-refractivity contribution >= 4 is 5.91 Å². The second-order valence-corrected chi connectivity index (χ2v) is 6.52. The summed E-state index contributed by atoms with van der Waals surface area (Å²) in [5, 5.41) is 8.89. The molecule has 2 aliphatic rings. The third-order valence-electron chi connectivity index (χ3n) is 4.96. The van der Waals surface area contributed by atoms with E-state index in [9.17, 15) is 4.79 Å². The number of amides is 1. The molecule has 1 aliphatic heterocycles. The van der Waals surface area contributed by atoms with E-state index in [0.717, 1.165) is 24.9 Å². The molecule has 6 nitrogen and oxygen atoms in total. The number of fused-ring (bicyclic) bond motifs is 1. The van der Waals surface area contributed by atoms with Gasteiger partial charge in [-0.15, -0.1) is 5.10 Å². The van der Waals surface area contributed by atoms with Crippen molar-refractivity contribution < 1.29 is 9.53 Å². The highest BCUT2D eigenvalue weighted by molar-refractivity contribution is 5.93. The van der Waals surface area contributed by atoms with E-state index in [4.69, 9.17) is 4.74 Å². The smallest absolute Gasteiger partial charge is 0.276 e. The van der Waals surface area contributed by atoms with E-state index < -0.39 is 0 Å². The Morgan fingerprint density at radius 2 is 1.96 bits per heavy atom. The zero-order valence-electron chi connectivity index (χ0n) is 13.9. The maximum absolute atomic E-state index is 13.1. The van der Waals surface area contributed by atoms with Crippen molar-refractivity contribution in [3.8, 4) is 5.69 Å². The van der Waals surface area contributed by atoms with Crippen molar-refractivity contribution in [2.45, 2.75) is 44.8 Å². The van der Waals surface area contributed by atoms with Gasteiger partial charge in [-0.3, -0.25) is 4.79 Å². The van der Waals surface area contributed by atoms with Gasteiger partial charge in [0.15, 0.2) is 5.69 Å². The van der Waals surface area contributed by atoms with Gasteiger partial charge in [-0.2, -0.15) is 9.90 Å². The van der Waals surface area contributed by atoms with E-state index in [1.54, 1.807) is 4.80 Å². The lowest BCUT2D eigenvalue weighted by Crippen LogP contribution is -2.55. The van der Waals surface area contributed by atoms with Crippen molar-refractivity contribution in [1.82, 2.24) is 19.9 Å². The highest BCUT2D eigenvalue weighted by Gasteiger charge is 2.38.